The van der Waals surface area contributed by atoms with Crippen LogP contribution in [0.15, 0.2) is 59.5 Å². The number of sulfonamides is 1. The molecule has 180 valence electrons. The maximum Gasteiger partial charge on any atom is 0.338 e. The van der Waals surface area contributed by atoms with Crippen LogP contribution in [0.5, 0.6) is 0 Å². The number of halogens is 1. The van der Waals surface area contributed by atoms with E-state index < -0.39 is 21.9 Å². The van der Waals surface area contributed by atoms with Gasteiger partial charge in [0.25, 0.3) is 15.9 Å². The molecule has 1 heterocycles. The van der Waals surface area contributed by atoms with E-state index in [1.165, 1.54) is 19.2 Å². The number of carbonyl (C=O) groups excluding carboxylic acids is 2. The van der Waals surface area contributed by atoms with Gasteiger partial charge in [0, 0.05) is 32.5 Å². The number of ether oxygens (including phenoxy) is 1. The minimum Gasteiger partial charge on any atom is -0.462 e. The second-order valence-corrected chi connectivity index (χ2v) is 11.0. The van der Waals surface area contributed by atoms with Gasteiger partial charge in [-0.15, -0.1) is 11.3 Å². The van der Waals surface area contributed by atoms with Crippen LogP contribution in [0.2, 0.25) is 4.34 Å². The maximum absolute atomic E-state index is 13.4. The van der Waals surface area contributed by atoms with E-state index in [4.69, 9.17) is 16.3 Å². The number of anilines is 3. The topological polar surface area (TPSA) is 96.0 Å². The minimum absolute atomic E-state index is 0.0664. The number of carbonyl (C=O) groups is 2. The van der Waals surface area contributed by atoms with Gasteiger partial charge in [-0.1, -0.05) is 17.7 Å². The summed E-state index contributed by atoms with van der Waals surface area (Å²) in [5, 5.41) is 2.64. The van der Waals surface area contributed by atoms with Crippen LogP contribution in [0.4, 0.5) is 17.1 Å². The van der Waals surface area contributed by atoms with Crippen LogP contribution in [-0.2, 0) is 14.8 Å². The smallest absolute Gasteiger partial charge is 0.338 e. The van der Waals surface area contributed by atoms with Gasteiger partial charge in [-0.2, -0.15) is 0 Å². The van der Waals surface area contributed by atoms with Crippen molar-refractivity contribution in [1.29, 1.82) is 0 Å². The van der Waals surface area contributed by atoms with Crippen LogP contribution < -0.4 is 14.5 Å². The molecule has 0 spiro atoms. The number of nitrogens with one attached hydrogen (secondary N) is 1. The number of nitrogens with zero attached hydrogens (tertiary/aromatic N) is 2. The third-order valence-corrected chi connectivity index (χ3v) is 8.08. The number of hydrogen-bond acceptors (Lipinski definition) is 7. The highest BCUT2D eigenvalue weighted by Crippen LogP contribution is 2.34. The summed E-state index contributed by atoms with van der Waals surface area (Å²) in [7, 11) is 1.09. The fraction of sp³-hybridized carbons (Fsp3) is 0.217. The Labute approximate surface area is 207 Å². The zero-order valence-corrected chi connectivity index (χ0v) is 21.4. The predicted molar refractivity (Wildman–Crippen MR) is 136 cm³/mol. The van der Waals surface area contributed by atoms with Gasteiger partial charge in [-0.05, 0) is 55.5 Å². The maximum atomic E-state index is 13.4. The molecule has 1 aromatic heterocycles. The van der Waals surface area contributed by atoms with Crippen molar-refractivity contribution in [2.75, 3.05) is 42.3 Å². The normalized spacial score (nSPS) is 11.1. The second-order valence-electron chi connectivity index (χ2n) is 7.38. The SMILES string of the molecule is CCOC(=O)c1cccc(NC(=O)c2sc(Cl)cc2S(=O)(=O)N(C)c2ccc(N(C)C)cc2)c1. The summed E-state index contributed by atoms with van der Waals surface area (Å²) in [6, 6.07) is 14.4. The standard InChI is InChI=1S/C23H24ClN3O5S2/c1-5-32-23(29)15-7-6-8-16(13-15)25-22(28)21-19(14-20(24)33-21)34(30,31)27(4)18-11-9-17(10-12-18)26(2)3/h6-14H,5H2,1-4H3,(H,25,28). The molecule has 0 aliphatic carbocycles. The lowest BCUT2D eigenvalue weighted by atomic mass is 10.2. The van der Waals surface area contributed by atoms with Crippen molar-refractivity contribution in [2.45, 2.75) is 11.8 Å². The summed E-state index contributed by atoms with van der Waals surface area (Å²) in [6.07, 6.45) is 0. The average Bonchev–Trinajstić information content (AvgIpc) is 3.21. The highest BCUT2D eigenvalue weighted by atomic mass is 35.5. The molecule has 0 bridgehead atoms. The summed E-state index contributed by atoms with van der Waals surface area (Å²) in [4.78, 5) is 26.6. The lowest BCUT2D eigenvalue weighted by Gasteiger charge is -2.21. The van der Waals surface area contributed by atoms with Gasteiger partial charge in [0.2, 0.25) is 0 Å². The van der Waals surface area contributed by atoms with E-state index >= 15 is 0 Å². The third-order valence-electron chi connectivity index (χ3n) is 4.87. The molecule has 0 aliphatic heterocycles. The molecule has 3 aromatic rings. The molecule has 0 radical (unpaired) electrons. The third kappa shape index (κ3) is 5.52. The molecular formula is C23H24ClN3O5S2. The first-order valence-electron chi connectivity index (χ1n) is 10.2. The lowest BCUT2D eigenvalue weighted by Crippen LogP contribution is -2.28. The summed E-state index contributed by atoms with van der Waals surface area (Å²) in [5.41, 5.74) is 1.92. The Bertz CT molecular complexity index is 1300. The monoisotopic (exact) mass is 521 g/mol. The van der Waals surface area contributed by atoms with Crippen molar-refractivity contribution < 1.29 is 22.7 Å². The fourth-order valence-electron chi connectivity index (χ4n) is 3.07. The molecule has 1 amide bonds. The Morgan fingerprint density at radius 3 is 2.29 bits per heavy atom. The van der Waals surface area contributed by atoms with Crippen molar-refractivity contribution >= 4 is 61.9 Å². The van der Waals surface area contributed by atoms with E-state index in [1.807, 2.05) is 19.0 Å². The Kier molecular flexibility index (Phi) is 7.86. The molecule has 0 atom stereocenters. The van der Waals surface area contributed by atoms with E-state index in [9.17, 15) is 18.0 Å². The summed E-state index contributed by atoms with van der Waals surface area (Å²) >= 11 is 6.97. The molecule has 0 unspecified atom stereocenters. The molecule has 3 rings (SSSR count). The van der Waals surface area contributed by atoms with Crippen molar-refractivity contribution in [1.82, 2.24) is 0 Å². The molecule has 0 saturated carbocycles. The number of esters is 1. The molecule has 34 heavy (non-hydrogen) atoms. The Morgan fingerprint density at radius 2 is 1.68 bits per heavy atom. The van der Waals surface area contributed by atoms with Crippen molar-refractivity contribution in [3.63, 3.8) is 0 Å². The Hall–Kier alpha value is -3.08. The van der Waals surface area contributed by atoms with Gasteiger partial charge in [0.05, 0.1) is 22.2 Å². The highest BCUT2D eigenvalue weighted by Gasteiger charge is 2.30. The van der Waals surface area contributed by atoms with Crippen LogP contribution >= 0.6 is 22.9 Å². The molecule has 0 fully saturated rings. The van der Waals surface area contributed by atoms with E-state index in [-0.39, 0.29) is 26.3 Å². The lowest BCUT2D eigenvalue weighted by molar-refractivity contribution is 0.0526. The molecule has 2 aromatic carbocycles. The van der Waals surface area contributed by atoms with Gasteiger partial charge < -0.3 is 15.0 Å². The minimum atomic E-state index is -4.09. The molecule has 1 N–H and O–H groups in total. The molecule has 11 heteroatoms. The van der Waals surface area contributed by atoms with E-state index in [0.717, 1.165) is 21.3 Å². The predicted octanol–water partition coefficient (Wildman–Crippen LogP) is 4.72. The van der Waals surface area contributed by atoms with Gasteiger partial charge >= 0.3 is 5.97 Å². The van der Waals surface area contributed by atoms with Gasteiger partial charge in [0.1, 0.15) is 9.77 Å². The first-order valence-corrected chi connectivity index (χ1v) is 12.8. The summed E-state index contributed by atoms with van der Waals surface area (Å²) < 4.78 is 33.0. The summed E-state index contributed by atoms with van der Waals surface area (Å²) in [6.45, 7) is 1.91. The average molecular weight is 522 g/mol. The van der Waals surface area contributed by atoms with Crippen LogP contribution in [0.3, 0.4) is 0 Å². The van der Waals surface area contributed by atoms with Crippen LogP contribution in [-0.4, -0.2) is 48.0 Å². The first kappa shape index (κ1) is 25.5. The van der Waals surface area contributed by atoms with E-state index in [1.54, 1.807) is 49.4 Å². The number of rotatable bonds is 8. The van der Waals surface area contributed by atoms with E-state index in [2.05, 4.69) is 5.32 Å². The Balaban J connectivity index is 1.89. The highest BCUT2D eigenvalue weighted by molar-refractivity contribution is 7.93. The zero-order chi connectivity index (χ0) is 25.0. The number of hydrogen-bond donors (Lipinski definition) is 1. The zero-order valence-electron chi connectivity index (χ0n) is 19.0. The number of thiophene rings is 1. The van der Waals surface area contributed by atoms with Crippen molar-refractivity contribution in [3.05, 3.63) is 69.4 Å². The molecule has 0 aliphatic rings. The van der Waals surface area contributed by atoms with Crippen LogP contribution in [0.1, 0.15) is 27.0 Å². The first-order chi connectivity index (χ1) is 16.0. The largest absolute Gasteiger partial charge is 0.462 e. The Morgan fingerprint density at radius 1 is 1.03 bits per heavy atom. The van der Waals surface area contributed by atoms with Crippen LogP contribution in [0.25, 0.3) is 0 Å². The number of amides is 1. The number of benzene rings is 2. The van der Waals surface area contributed by atoms with Gasteiger partial charge in [0.15, 0.2) is 0 Å². The van der Waals surface area contributed by atoms with E-state index in [0.29, 0.717) is 11.4 Å². The summed E-state index contributed by atoms with van der Waals surface area (Å²) in [5.74, 6) is -1.18. The van der Waals surface area contributed by atoms with Crippen molar-refractivity contribution in [2.24, 2.45) is 0 Å². The second kappa shape index (κ2) is 10.5. The fourth-order valence-corrected chi connectivity index (χ4v) is 5.95. The van der Waals surface area contributed by atoms with Gasteiger partial charge in [-0.3, -0.25) is 9.10 Å². The van der Waals surface area contributed by atoms with Crippen LogP contribution in [0, 0.1) is 0 Å². The van der Waals surface area contributed by atoms with Crippen molar-refractivity contribution in [3.8, 4) is 0 Å². The molecular weight excluding hydrogens is 498 g/mol. The molecule has 8 nitrogen and oxygen atoms in total. The van der Waals surface area contributed by atoms with Gasteiger partial charge in [-0.25, -0.2) is 13.2 Å². The quantitative estimate of drug-likeness (QED) is 0.431. The molecule has 0 saturated heterocycles.